The van der Waals surface area contributed by atoms with Crippen molar-refractivity contribution in [2.75, 3.05) is 33.4 Å². The zero-order valence-electron chi connectivity index (χ0n) is 11.7. The molecule has 2 heterocycles. The topological polar surface area (TPSA) is 30.9 Å². The van der Waals surface area contributed by atoms with E-state index in [0.29, 0.717) is 0 Å². The molecule has 2 fully saturated rings. The van der Waals surface area contributed by atoms with Crippen LogP contribution < -0.4 is 4.74 Å². The van der Waals surface area contributed by atoms with Crippen LogP contribution in [0.25, 0.3) is 0 Å². The molecule has 2 aliphatic heterocycles. The molecule has 0 amide bonds. The summed E-state index contributed by atoms with van der Waals surface area (Å²) in [4.78, 5) is 2.41. The Morgan fingerprint density at radius 2 is 2.15 bits per heavy atom. The Hall–Kier alpha value is -0.620. The predicted octanol–water partition coefficient (Wildman–Crippen LogP) is 2.80. The minimum atomic E-state index is -0.345. The summed E-state index contributed by atoms with van der Waals surface area (Å²) < 4.78 is 17.9. The number of benzene rings is 1. The van der Waals surface area contributed by atoms with E-state index in [1.54, 1.807) is 7.11 Å². The van der Waals surface area contributed by atoms with Gasteiger partial charge in [0.15, 0.2) is 5.79 Å². The third-order valence-corrected chi connectivity index (χ3v) is 4.55. The van der Waals surface area contributed by atoms with Crippen molar-refractivity contribution in [1.29, 1.82) is 0 Å². The van der Waals surface area contributed by atoms with Crippen molar-refractivity contribution >= 4 is 15.9 Å². The van der Waals surface area contributed by atoms with Gasteiger partial charge in [0.2, 0.25) is 0 Å². The summed E-state index contributed by atoms with van der Waals surface area (Å²) in [6.45, 7) is 4.32. The molecule has 0 N–H and O–H groups in total. The van der Waals surface area contributed by atoms with Gasteiger partial charge in [-0.15, -0.1) is 0 Å². The lowest BCUT2D eigenvalue weighted by molar-refractivity contribution is -0.190. The number of ether oxygens (including phenoxy) is 3. The van der Waals surface area contributed by atoms with Crippen LogP contribution in [0.5, 0.6) is 5.75 Å². The van der Waals surface area contributed by atoms with Gasteiger partial charge < -0.3 is 14.2 Å². The second kappa shape index (κ2) is 6.02. The highest BCUT2D eigenvalue weighted by atomic mass is 79.9. The van der Waals surface area contributed by atoms with E-state index in [4.69, 9.17) is 14.2 Å². The van der Waals surface area contributed by atoms with Crippen molar-refractivity contribution in [2.24, 2.45) is 0 Å². The first-order valence-corrected chi connectivity index (χ1v) is 7.83. The van der Waals surface area contributed by atoms with Gasteiger partial charge in [-0.3, -0.25) is 4.90 Å². The van der Waals surface area contributed by atoms with Gasteiger partial charge in [-0.05, 0) is 46.6 Å². The zero-order valence-corrected chi connectivity index (χ0v) is 13.3. The Morgan fingerprint density at radius 1 is 1.35 bits per heavy atom. The summed E-state index contributed by atoms with van der Waals surface area (Å²) in [6, 6.07) is 6.24. The largest absolute Gasteiger partial charge is 0.496 e. The molecule has 0 saturated carbocycles. The maximum absolute atomic E-state index is 5.82. The van der Waals surface area contributed by atoms with Crippen molar-refractivity contribution in [2.45, 2.75) is 25.2 Å². The van der Waals surface area contributed by atoms with Gasteiger partial charge in [0, 0.05) is 13.0 Å². The Labute approximate surface area is 128 Å². The van der Waals surface area contributed by atoms with Crippen LogP contribution in [0.3, 0.4) is 0 Å². The van der Waals surface area contributed by atoms with Crippen molar-refractivity contribution < 1.29 is 14.2 Å². The number of halogens is 1. The van der Waals surface area contributed by atoms with Gasteiger partial charge in [0.05, 0.1) is 31.3 Å². The molecule has 20 heavy (non-hydrogen) atoms. The summed E-state index contributed by atoms with van der Waals surface area (Å²) >= 11 is 3.54. The monoisotopic (exact) mass is 341 g/mol. The molecule has 2 aliphatic rings. The van der Waals surface area contributed by atoms with Crippen molar-refractivity contribution in [3.8, 4) is 5.75 Å². The normalized spacial score (nSPS) is 22.3. The highest BCUT2D eigenvalue weighted by Gasteiger charge is 2.40. The van der Waals surface area contributed by atoms with E-state index in [0.717, 1.165) is 55.9 Å². The van der Waals surface area contributed by atoms with Gasteiger partial charge in [0.1, 0.15) is 5.75 Å². The van der Waals surface area contributed by atoms with Gasteiger partial charge in [-0.1, -0.05) is 6.07 Å². The minimum absolute atomic E-state index is 0.345. The first kappa shape index (κ1) is 14.3. The van der Waals surface area contributed by atoms with Gasteiger partial charge in [-0.25, -0.2) is 0 Å². The number of piperidine rings is 1. The Balaban J connectivity index is 1.66. The van der Waals surface area contributed by atoms with E-state index >= 15 is 0 Å². The molecule has 0 unspecified atom stereocenters. The molecule has 4 nitrogen and oxygen atoms in total. The van der Waals surface area contributed by atoms with E-state index in [1.807, 2.05) is 6.07 Å². The molecule has 3 rings (SSSR count). The Morgan fingerprint density at radius 3 is 2.85 bits per heavy atom. The Bertz CT molecular complexity index is 474. The van der Waals surface area contributed by atoms with Crippen LogP contribution in [0.4, 0.5) is 0 Å². The van der Waals surface area contributed by atoms with E-state index in [-0.39, 0.29) is 5.79 Å². The standard InChI is InChI=1S/C15H20BrNO3/c1-18-14-4-3-12(9-13(14)16)10-17-6-2-5-15(11-17)19-7-8-20-15/h3-4,9H,2,5-8,10-11H2,1H3. The Kier molecular flexibility index (Phi) is 4.31. The number of methoxy groups -OCH3 is 1. The summed E-state index contributed by atoms with van der Waals surface area (Å²) in [6.07, 6.45) is 2.13. The zero-order chi connectivity index (χ0) is 14.0. The molecule has 0 radical (unpaired) electrons. The molecule has 0 bridgehead atoms. The third-order valence-electron chi connectivity index (χ3n) is 3.93. The van der Waals surface area contributed by atoms with Crippen LogP contribution in [0.2, 0.25) is 0 Å². The van der Waals surface area contributed by atoms with E-state index in [9.17, 15) is 0 Å². The average molecular weight is 342 g/mol. The van der Waals surface area contributed by atoms with Gasteiger partial charge >= 0.3 is 0 Å². The molecule has 1 aromatic carbocycles. The van der Waals surface area contributed by atoms with Gasteiger partial charge in [-0.2, -0.15) is 0 Å². The van der Waals surface area contributed by atoms with Crippen molar-refractivity contribution in [3.63, 3.8) is 0 Å². The number of likely N-dealkylation sites (tertiary alicyclic amines) is 1. The maximum atomic E-state index is 5.82. The highest BCUT2D eigenvalue weighted by Crippen LogP contribution is 2.31. The molecule has 1 aromatic rings. The lowest BCUT2D eigenvalue weighted by Gasteiger charge is -2.38. The fraction of sp³-hybridized carbons (Fsp3) is 0.600. The molecular weight excluding hydrogens is 322 g/mol. The molecule has 2 saturated heterocycles. The van der Waals surface area contributed by atoms with Crippen LogP contribution >= 0.6 is 15.9 Å². The molecule has 0 aromatic heterocycles. The molecule has 0 aliphatic carbocycles. The summed E-state index contributed by atoms with van der Waals surface area (Å²) in [5, 5.41) is 0. The molecule has 1 spiro atoms. The van der Waals surface area contributed by atoms with E-state index in [1.165, 1.54) is 5.56 Å². The van der Waals surface area contributed by atoms with Crippen LogP contribution in [-0.4, -0.2) is 44.1 Å². The average Bonchev–Trinajstić information content (AvgIpc) is 2.87. The van der Waals surface area contributed by atoms with Crippen LogP contribution in [-0.2, 0) is 16.0 Å². The predicted molar refractivity (Wildman–Crippen MR) is 79.8 cm³/mol. The second-order valence-corrected chi connectivity index (χ2v) is 6.25. The maximum Gasteiger partial charge on any atom is 0.181 e. The quantitative estimate of drug-likeness (QED) is 0.845. The van der Waals surface area contributed by atoms with Crippen molar-refractivity contribution in [1.82, 2.24) is 4.90 Å². The lowest BCUT2D eigenvalue weighted by atomic mass is 10.0. The fourth-order valence-corrected chi connectivity index (χ4v) is 3.59. The number of hydrogen-bond acceptors (Lipinski definition) is 4. The first-order valence-electron chi connectivity index (χ1n) is 7.03. The number of nitrogens with zero attached hydrogens (tertiary/aromatic N) is 1. The van der Waals surface area contributed by atoms with E-state index in [2.05, 4.69) is 33.0 Å². The van der Waals surface area contributed by atoms with Crippen LogP contribution in [0.15, 0.2) is 22.7 Å². The van der Waals surface area contributed by atoms with Crippen LogP contribution in [0.1, 0.15) is 18.4 Å². The first-order chi connectivity index (χ1) is 9.71. The number of rotatable bonds is 3. The van der Waals surface area contributed by atoms with Gasteiger partial charge in [0.25, 0.3) is 0 Å². The number of hydrogen-bond donors (Lipinski definition) is 0. The SMILES string of the molecule is COc1ccc(CN2CCCC3(C2)OCCO3)cc1Br. The molecule has 110 valence electrons. The molecule has 5 heteroatoms. The van der Waals surface area contributed by atoms with Crippen molar-refractivity contribution in [3.05, 3.63) is 28.2 Å². The summed E-state index contributed by atoms with van der Waals surface area (Å²) in [5.74, 6) is 0.522. The van der Waals surface area contributed by atoms with E-state index < -0.39 is 0 Å². The minimum Gasteiger partial charge on any atom is -0.496 e. The molecule has 0 atom stereocenters. The second-order valence-electron chi connectivity index (χ2n) is 5.39. The lowest BCUT2D eigenvalue weighted by Crippen LogP contribution is -2.48. The summed E-state index contributed by atoms with van der Waals surface area (Å²) in [7, 11) is 1.68. The third kappa shape index (κ3) is 3.01. The van der Waals surface area contributed by atoms with Crippen LogP contribution in [0, 0.1) is 0 Å². The molecular formula is C15H20BrNO3. The fourth-order valence-electron chi connectivity index (χ4n) is 3.00. The summed E-state index contributed by atoms with van der Waals surface area (Å²) in [5.41, 5.74) is 1.27. The highest BCUT2D eigenvalue weighted by molar-refractivity contribution is 9.10. The smallest absolute Gasteiger partial charge is 0.181 e.